The maximum Gasteiger partial charge on any atom is 0.231 e. The summed E-state index contributed by atoms with van der Waals surface area (Å²) in [6, 6.07) is 14.2. The van der Waals surface area contributed by atoms with Crippen LogP contribution in [0.5, 0.6) is 11.5 Å². The predicted octanol–water partition coefficient (Wildman–Crippen LogP) is 4.33. The fraction of sp³-hybridized carbons (Fsp3) is 0.333. The summed E-state index contributed by atoms with van der Waals surface area (Å²) in [5, 5.41) is 7.89. The highest BCUT2D eigenvalue weighted by molar-refractivity contribution is 14.0. The van der Waals surface area contributed by atoms with Crippen molar-refractivity contribution in [3.8, 4) is 11.5 Å². The molecule has 4 rings (SSSR count). The van der Waals surface area contributed by atoms with Crippen LogP contribution < -0.4 is 20.1 Å². The SMILES string of the molecule is CCNC(=NCc1ccc2c(c1)OCO2)NCCCc1nc2ccccc2s1.I. The van der Waals surface area contributed by atoms with Gasteiger partial charge in [-0.05, 0) is 43.2 Å². The fourth-order valence-corrected chi connectivity index (χ4v) is 4.03. The number of aryl methyl sites for hydroxylation is 1. The molecule has 6 nitrogen and oxygen atoms in total. The molecule has 1 aliphatic heterocycles. The van der Waals surface area contributed by atoms with Gasteiger partial charge in [0, 0.05) is 19.5 Å². The number of nitrogens with zero attached hydrogens (tertiary/aromatic N) is 2. The van der Waals surface area contributed by atoms with E-state index in [-0.39, 0.29) is 24.0 Å². The lowest BCUT2D eigenvalue weighted by Crippen LogP contribution is -2.37. The number of benzene rings is 2. The van der Waals surface area contributed by atoms with Crippen molar-refractivity contribution in [1.82, 2.24) is 15.6 Å². The number of halogens is 1. The molecule has 0 saturated carbocycles. The Morgan fingerprint density at radius 1 is 1.14 bits per heavy atom. The lowest BCUT2D eigenvalue weighted by molar-refractivity contribution is 0.174. The summed E-state index contributed by atoms with van der Waals surface area (Å²) in [6.45, 7) is 4.62. The third-order valence-electron chi connectivity index (χ3n) is 4.40. The number of aliphatic imine (C=N–C) groups is 1. The smallest absolute Gasteiger partial charge is 0.231 e. The van der Waals surface area contributed by atoms with Gasteiger partial charge in [0.05, 0.1) is 21.8 Å². The fourth-order valence-electron chi connectivity index (χ4n) is 3.02. The van der Waals surface area contributed by atoms with E-state index >= 15 is 0 Å². The zero-order chi connectivity index (χ0) is 19.2. The maximum atomic E-state index is 5.43. The van der Waals surface area contributed by atoms with Crippen molar-refractivity contribution >= 4 is 51.5 Å². The highest BCUT2D eigenvalue weighted by Gasteiger charge is 2.13. The molecule has 2 N–H and O–H groups in total. The first-order chi connectivity index (χ1) is 13.8. The Bertz CT molecular complexity index is 943. The minimum Gasteiger partial charge on any atom is -0.454 e. The summed E-state index contributed by atoms with van der Waals surface area (Å²) in [7, 11) is 0. The zero-order valence-corrected chi connectivity index (χ0v) is 19.5. The Hall–Kier alpha value is -2.07. The Kier molecular flexibility index (Phi) is 7.93. The summed E-state index contributed by atoms with van der Waals surface area (Å²) in [5.74, 6) is 2.42. The van der Waals surface area contributed by atoms with Crippen LogP contribution in [0.25, 0.3) is 10.2 Å². The molecule has 0 saturated heterocycles. The number of rotatable bonds is 7. The minimum atomic E-state index is 0. The molecule has 0 atom stereocenters. The number of hydrogen-bond donors (Lipinski definition) is 2. The topological polar surface area (TPSA) is 67.8 Å². The van der Waals surface area contributed by atoms with Crippen LogP contribution in [0.1, 0.15) is 23.9 Å². The Morgan fingerprint density at radius 3 is 2.86 bits per heavy atom. The molecule has 0 unspecified atom stereocenters. The van der Waals surface area contributed by atoms with E-state index in [1.807, 2.05) is 24.3 Å². The first-order valence-electron chi connectivity index (χ1n) is 9.57. The summed E-state index contributed by atoms with van der Waals surface area (Å²) < 4.78 is 12.0. The van der Waals surface area contributed by atoms with Crippen molar-refractivity contribution < 1.29 is 9.47 Å². The second kappa shape index (κ2) is 10.6. The van der Waals surface area contributed by atoms with Gasteiger partial charge in [-0.2, -0.15) is 0 Å². The first-order valence-corrected chi connectivity index (χ1v) is 10.4. The van der Waals surface area contributed by atoms with E-state index in [1.165, 1.54) is 9.71 Å². The predicted molar refractivity (Wildman–Crippen MR) is 129 cm³/mol. The van der Waals surface area contributed by atoms with Gasteiger partial charge in [0.15, 0.2) is 17.5 Å². The molecule has 8 heteroatoms. The van der Waals surface area contributed by atoms with Gasteiger partial charge in [-0.1, -0.05) is 18.2 Å². The monoisotopic (exact) mass is 524 g/mol. The van der Waals surface area contributed by atoms with Crippen LogP contribution in [0, 0.1) is 0 Å². The lowest BCUT2D eigenvalue weighted by Gasteiger charge is -2.11. The van der Waals surface area contributed by atoms with Crippen molar-refractivity contribution in [1.29, 1.82) is 0 Å². The molecule has 3 aromatic rings. The van der Waals surface area contributed by atoms with Crippen LogP contribution >= 0.6 is 35.3 Å². The number of nitrogens with one attached hydrogen (secondary N) is 2. The van der Waals surface area contributed by atoms with Crippen molar-refractivity contribution in [2.45, 2.75) is 26.3 Å². The third kappa shape index (κ3) is 5.72. The zero-order valence-electron chi connectivity index (χ0n) is 16.3. The van der Waals surface area contributed by atoms with E-state index in [9.17, 15) is 0 Å². The quantitative estimate of drug-likeness (QED) is 0.209. The molecule has 29 heavy (non-hydrogen) atoms. The summed E-state index contributed by atoms with van der Waals surface area (Å²) >= 11 is 1.78. The van der Waals surface area contributed by atoms with Gasteiger partial charge in [-0.3, -0.25) is 0 Å². The second-order valence-corrected chi connectivity index (χ2v) is 7.60. The van der Waals surface area contributed by atoms with Gasteiger partial charge >= 0.3 is 0 Å². The molecule has 0 bridgehead atoms. The lowest BCUT2D eigenvalue weighted by atomic mass is 10.2. The van der Waals surface area contributed by atoms with Crippen LogP contribution in [-0.2, 0) is 13.0 Å². The summed E-state index contributed by atoms with van der Waals surface area (Å²) in [4.78, 5) is 9.37. The van der Waals surface area contributed by atoms with Crippen LogP contribution in [0.3, 0.4) is 0 Å². The molecule has 154 valence electrons. The number of hydrogen-bond acceptors (Lipinski definition) is 5. The van der Waals surface area contributed by atoms with Gasteiger partial charge in [-0.25, -0.2) is 9.98 Å². The number of fused-ring (bicyclic) bond motifs is 2. The molecular weight excluding hydrogens is 499 g/mol. The number of aromatic nitrogens is 1. The van der Waals surface area contributed by atoms with Crippen LogP contribution in [-0.4, -0.2) is 30.8 Å². The third-order valence-corrected chi connectivity index (χ3v) is 5.50. The molecule has 0 fully saturated rings. The van der Waals surface area contributed by atoms with Crippen molar-refractivity contribution in [3.05, 3.63) is 53.0 Å². The van der Waals surface area contributed by atoms with E-state index in [0.717, 1.165) is 54.5 Å². The Balaban J connectivity index is 0.00000240. The molecular formula is C21H25IN4O2S. The highest BCUT2D eigenvalue weighted by Crippen LogP contribution is 2.32. The molecule has 0 spiro atoms. The summed E-state index contributed by atoms with van der Waals surface area (Å²) in [6.07, 6.45) is 1.97. The number of thiazole rings is 1. The van der Waals surface area contributed by atoms with E-state index in [2.05, 4.69) is 40.7 Å². The molecule has 0 amide bonds. The molecule has 2 aromatic carbocycles. The Labute approximate surface area is 191 Å². The summed E-state index contributed by atoms with van der Waals surface area (Å²) in [5.41, 5.74) is 2.19. The van der Waals surface area contributed by atoms with E-state index < -0.39 is 0 Å². The van der Waals surface area contributed by atoms with Crippen molar-refractivity contribution in [2.75, 3.05) is 19.9 Å². The molecule has 1 aromatic heterocycles. The van der Waals surface area contributed by atoms with Crippen LogP contribution in [0.4, 0.5) is 0 Å². The second-order valence-electron chi connectivity index (χ2n) is 6.49. The van der Waals surface area contributed by atoms with Gasteiger partial charge in [0.2, 0.25) is 6.79 Å². The van der Waals surface area contributed by atoms with Gasteiger partial charge in [0.25, 0.3) is 0 Å². The van der Waals surface area contributed by atoms with Crippen LogP contribution in [0.2, 0.25) is 0 Å². The van der Waals surface area contributed by atoms with E-state index in [4.69, 9.17) is 14.5 Å². The van der Waals surface area contributed by atoms with Gasteiger partial charge in [-0.15, -0.1) is 35.3 Å². The highest BCUT2D eigenvalue weighted by atomic mass is 127. The standard InChI is InChI=1S/C21H24N4O2S.HI/c1-2-22-21(24-13-15-9-10-17-18(12-15)27-14-26-17)23-11-5-8-20-25-16-6-3-4-7-19(16)28-20;/h3-4,6-7,9-10,12H,2,5,8,11,13-14H2,1H3,(H2,22,23,24);1H. The number of ether oxygens (including phenoxy) is 2. The normalized spacial score (nSPS) is 12.7. The average molecular weight is 524 g/mol. The van der Waals surface area contributed by atoms with Crippen LogP contribution in [0.15, 0.2) is 47.5 Å². The number of para-hydroxylation sites is 1. The molecule has 1 aliphatic rings. The van der Waals surface area contributed by atoms with E-state index in [0.29, 0.717) is 13.3 Å². The van der Waals surface area contributed by atoms with Crippen molar-refractivity contribution in [3.63, 3.8) is 0 Å². The minimum absolute atomic E-state index is 0. The van der Waals surface area contributed by atoms with Gasteiger partial charge < -0.3 is 20.1 Å². The first kappa shape index (κ1) is 21.6. The Morgan fingerprint density at radius 2 is 2.00 bits per heavy atom. The number of guanidine groups is 1. The van der Waals surface area contributed by atoms with Crippen molar-refractivity contribution in [2.24, 2.45) is 4.99 Å². The largest absolute Gasteiger partial charge is 0.454 e. The molecule has 0 aliphatic carbocycles. The molecule has 2 heterocycles. The average Bonchev–Trinajstić information content (AvgIpc) is 3.34. The van der Waals surface area contributed by atoms with Gasteiger partial charge in [0.1, 0.15) is 0 Å². The van der Waals surface area contributed by atoms with E-state index in [1.54, 1.807) is 11.3 Å². The maximum absolute atomic E-state index is 5.43. The molecule has 0 radical (unpaired) electrons.